The van der Waals surface area contributed by atoms with Gasteiger partial charge in [-0.2, -0.15) is 0 Å². The molecule has 8 heteroatoms. The fraction of sp³-hybridized carbons (Fsp3) is 0.265. The summed E-state index contributed by atoms with van der Waals surface area (Å²) in [5, 5.41) is 0.997. The molecule has 42 heavy (non-hydrogen) atoms. The molecule has 1 saturated heterocycles. The molecular formula is C34H27ClN2O5. The summed E-state index contributed by atoms with van der Waals surface area (Å²) in [6, 6.07) is 22.5. The van der Waals surface area contributed by atoms with E-state index < -0.39 is 12.1 Å². The number of imide groups is 1. The standard InChI is InChI=1S/C34H27ClN2O5/c1-18(31(38)22-7-4-8-23(35)15-22)42-34(41)26-17-28(36-27-11-3-2-10-25(26)27)19-6-5-9-24(16-19)37-32(39)29-20-12-13-21(14-20)30(29)33(37)40/h2-11,15-18,20-21,29-30H,12-14H2,1H3/t18-,20-,21+,29-,30+/m1/s1. The molecule has 3 aliphatic rings. The number of para-hydroxylation sites is 1. The maximum absolute atomic E-state index is 13.5. The van der Waals surface area contributed by atoms with Crippen molar-refractivity contribution in [2.24, 2.45) is 23.7 Å². The van der Waals surface area contributed by atoms with Crippen LogP contribution in [0, 0.1) is 23.7 Å². The van der Waals surface area contributed by atoms with E-state index in [-0.39, 0.29) is 35.0 Å². The van der Waals surface area contributed by atoms with Crippen molar-refractivity contribution in [1.29, 1.82) is 0 Å². The third-order valence-corrected chi connectivity index (χ3v) is 9.26. The monoisotopic (exact) mass is 578 g/mol. The van der Waals surface area contributed by atoms with E-state index in [4.69, 9.17) is 21.3 Å². The summed E-state index contributed by atoms with van der Waals surface area (Å²) in [6.45, 7) is 1.53. The number of hydrogen-bond donors (Lipinski definition) is 0. The summed E-state index contributed by atoms with van der Waals surface area (Å²) in [4.78, 5) is 59.4. The fourth-order valence-electron chi connectivity index (χ4n) is 7.11. The maximum atomic E-state index is 13.5. The van der Waals surface area contributed by atoms with E-state index in [0.717, 1.165) is 19.3 Å². The second-order valence-corrected chi connectivity index (χ2v) is 11.9. The van der Waals surface area contributed by atoms with Crippen LogP contribution in [0.3, 0.4) is 0 Å². The molecule has 0 spiro atoms. The fourth-order valence-corrected chi connectivity index (χ4v) is 7.30. The third-order valence-electron chi connectivity index (χ3n) is 9.03. The summed E-state index contributed by atoms with van der Waals surface area (Å²) in [5.41, 5.74) is 2.82. The zero-order chi connectivity index (χ0) is 29.1. The predicted molar refractivity (Wildman–Crippen MR) is 158 cm³/mol. The van der Waals surface area contributed by atoms with Gasteiger partial charge in [-0.05, 0) is 74.4 Å². The number of ether oxygens (including phenoxy) is 1. The molecule has 2 heterocycles. The lowest BCUT2D eigenvalue weighted by Gasteiger charge is -2.19. The van der Waals surface area contributed by atoms with Gasteiger partial charge in [0, 0.05) is 21.5 Å². The van der Waals surface area contributed by atoms with E-state index in [1.165, 1.54) is 17.9 Å². The number of nitrogens with zero attached hydrogens (tertiary/aromatic N) is 2. The third kappa shape index (κ3) is 4.31. The number of Topliss-reactive ketones (excluding diaryl/α,β-unsaturated/α-hetero) is 1. The Hall–Kier alpha value is -4.36. The number of carbonyl (C=O) groups excluding carboxylic acids is 4. The second-order valence-electron chi connectivity index (χ2n) is 11.4. The number of carbonyl (C=O) groups is 4. The normalized spacial score (nSPS) is 23.3. The van der Waals surface area contributed by atoms with Crippen LogP contribution in [0.1, 0.15) is 46.9 Å². The number of fused-ring (bicyclic) bond motifs is 6. The van der Waals surface area contributed by atoms with Gasteiger partial charge in [0.2, 0.25) is 17.6 Å². The van der Waals surface area contributed by atoms with Gasteiger partial charge in [-0.3, -0.25) is 19.3 Å². The van der Waals surface area contributed by atoms with Gasteiger partial charge in [0.1, 0.15) is 0 Å². The number of amides is 2. The van der Waals surface area contributed by atoms with Crippen LogP contribution in [0.15, 0.2) is 78.9 Å². The Morgan fingerprint density at radius 1 is 0.905 bits per heavy atom. The highest BCUT2D eigenvalue weighted by Gasteiger charge is 2.61. The summed E-state index contributed by atoms with van der Waals surface area (Å²) < 4.78 is 5.64. The van der Waals surface area contributed by atoms with Crippen molar-refractivity contribution >= 4 is 51.8 Å². The van der Waals surface area contributed by atoms with Gasteiger partial charge in [0.15, 0.2) is 6.10 Å². The van der Waals surface area contributed by atoms with Crippen molar-refractivity contribution < 1.29 is 23.9 Å². The molecule has 2 bridgehead atoms. The molecule has 3 fully saturated rings. The Morgan fingerprint density at radius 3 is 2.36 bits per heavy atom. The highest BCUT2D eigenvalue weighted by molar-refractivity contribution is 6.31. The van der Waals surface area contributed by atoms with Gasteiger partial charge in [-0.1, -0.05) is 54.1 Å². The van der Waals surface area contributed by atoms with Gasteiger partial charge in [0.25, 0.3) is 0 Å². The zero-order valence-corrected chi connectivity index (χ0v) is 23.6. The first kappa shape index (κ1) is 26.5. The lowest BCUT2D eigenvalue weighted by Crippen LogP contribution is -2.32. The van der Waals surface area contributed by atoms with Crippen LogP contribution in [-0.4, -0.2) is 34.7 Å². The molecule has 3 aromatic carbocycles. The quantitative estimate of drug-likeness (QED) is 0.147. The van der Waals surface area contributed by atoms with Crippen LogP contribution in [0.2, 0.25) is 5.02 Å². The number of rotatable bonds is 6. The number of halogens is 1. The summed E-state index contributed by atoms with van der Waals surface area (Å²) in [6.07, 6.45) is 1.96. The number of aromatic nitrogens is 1. The van der Waals surface area contributed by atoms with E-state index in [1.807, 2.05) is 12.1 Å². The van der Waals surface area contributed by atoms with Crippen molar-refractivity contribution in [2.75, 3.05) is 4.90 Å². The molecule has 0 unspecified atom stereocenters. The van der Waals surface area contributed by atoms with Crippen molar-refractivity contribution in [3.05, 3.63) is 95.0 Å². The van der Waals surface area contributed by atoms with Crippen LogP contribution < -0.4 is 4.90 Å². The Bertz CT molecular complexity index is 1770. The highest BCUT2D eigenvalue weighted by atomic mass is 35.5. The lowest BCUT2D eigenvalue weighted by molar-refractivity contribution is -0.123. The van der Waals surface area contributed by atoms with Crippen molar-refractivity contribution in [3.8, 4) is 11.3 Å². The molecule has 5 atom stereocenters. The van der Waals surface area contributed by atoms with Crippen molar-refractivity contribution in [3.63, 3.8) is 0 Å². The summed E-state index contributed by atoms with van der Waals surface area (Å²) in [5.74, 6) is -1.07. The van der Waals surface area contributed by atoms with E-state index >= 15 is 0 Å². The average Bonchev–Trinajstić information content (AvgIpc) is 3.69. The Kier molecular flexibility index (Phi) is 6.43. The molecule has 0 N–H and O–H groups in total. The van der Waals surface area contributed by atoms with Crippen molar-refractivity contribution in [1.82, 2.24) is 4.98 Å². The SMILES string of the molecule is C[C@@H](OC(=O)c1cc(-c2cccc(N3C(=O)[C@@H]4[C@@H]5CC[C@@H](C5)[C@@H]4C3=O)c2)nc2ccccc12)C(=O)c1cccc(Cl)c1. The van der Waals surface area contributed by atoms with Gasteiger partial charge in [-0.25, -0.2) is 9.78 Å². The average molecular weight is 579 g/mol. The largest absolute Gasteiger partial charge is 0.451 e. The van der Waals surface area contributed by atoms with Gasteiger partial charge in [-0.15, -0.1) is 0 Å². The van der Waals surface area contributed by atoms with Gasteiger partial charge in [0.05, 0.1) is 34.3 Å². The summed E-state index contributed by atoms with van der Waals surface area (Å²) in [7, 11) is 0. The molecule has 1 aromatic heterocycles. The summed E-state index contributed by atoms with van der Waals surface area (Å²) >= 11 is 6.04. The minimum absolute atomic E-state index is 0.108. The number of esters is 1. The topological polar surface area (TPSA) is 93.6 Å². The first-order valence-corrected chi connectivity index (χ1v) is 14.6. The molecule has 7 nitrogen and oxygen atoms in total. The van der Waals surface area contributed by atoms with E-state index in [0.29, 0.717) is 50.3 Å². The Labute approximate surface area is 247 Å². The maximum Gasteiger partial charge on any atom is 0.339 e. The highest BCUT2D eigenvalue weighted by Crippen LogP contribution is 2.56. The molecule has 7 rings (SSSR count). The number of ketones is 1. The molecular weight excluding hydrogens is 552 g/mol. The minimum atomic E-state index is -1.04. The first-order valence-electron chi connectivity index (χ1n) is 14.2. The van der Waals surface area contributed by atoms with Gasteiger partial charge < -0.3 is 4.74 Å². The number of benzene rings is 3. The van der Waals surface area contributed by atoms with Crippen LogP contribution in [0.4, 0.5) is 5.69 Å². The van der Waals surface area contributed by atoms with Crippen LogP contribution >= 0.6 is 11.6 Å². The molecule has 2 amide bonds. The molecule has 1 aliphatic heterocycles. The van der Waals surface area contributed by atoms with E-state index in [2.05, 4.69) is 0 Å². The van der Waals surface area contributed by atoms with Gasteiger partial charge >= 0.3 is 5.97 Å². The van der Waals surface area contributed by atoms with E-state index in [9.17, 15) is 19.2 Å². The van der Waals surface area contributed by atoms with Crippen molar-refractivity contribution in [2.45, 2.75) is 32.3 Å². The van der Waals surface area contributed by atoms with Crippen LogP contribution in [0.25, 0.3) is 22.2 Å². The second kappa shape index (κ2) is 10.2. The molecule has 2 saturated carbocycles. The molecule has 4 aromatic rings. The number of hydrogen-bond acceptors (Lipinski definition) is 6. The molecule has 2 aliphatic carbocycles. The lowest BCUT2D eigenvalue weighted by atomic mass is 9.81. The van der Waals surface area contributed by atoms with E-state index in [1.54, 1.807) is 60.7 Å². The molecule has 0 radical (unpaired) electrons. The first-order chi connectivity index (χ1) is 20.3. The zero-order valence-electron chi connectivity index (χ0n) is 22.8. The number of pyridine rings is 1. The van der Waals surface area contributed by atoms with Crippen LogP contribution in [-0.2, 0) is 14.3 Å². The van der Waals surface area contributed by atoms with Crippen LogP contribution in [0.5, 0.6) is 0 Å². The minimum Gasteiger partial charge on any atom is -0.451 e. The number of anilines is 1. The smallest absolute Gasteiger partial charge is 0.339 e. The Morgan fingerprint density at radius 2 is 1.62 bits per heavy atom. The Balaban J connectivity index is 1.21. The molecule has 210 valence electrons. The predicted octanol–water partition coefficient (Wildman–Crippen LogP) is 6.52.